The summed E-state index contributed by atoms with van der Waals surface area (Å²) in [4.78, 5) is 23.0. The number of nitrogens with zero attached hydrogens (tertiary/aromatic N) is 3. The molecule has 12 heteroatoms. The molecule has 0 saturated heterocycles. The van der Waals surface area contributed by atoms with Gasteiger partial charge in [0.15, 0.2) is 0 Å². The molecule has 2 N–H and O–H groups in total. The van der Waals surface area contributed by atoms with Gasteiger partial charge < -0.3 is 24.8 Å². The predicted molar refractivity (Wildman–Crippen MR) is 163 cm³/mol. The second-order valence-corrected chi connectivity index (χ2v) is 12.8. The number of carbonyl (C=O) groups excluding carboxylic acids is 1. The van der Waals surface area contributed by atoms with Crippen LogP contribution in [0.15, 0.2) is 36.5 Å². The van der Waals surface area contributed by atoms with Gasteiger partial charge in [0.25, 0.3) is 5.91 Å². The van der Waals surface area contributed by atoms with Crippen molar-refractivity contribution in [1.29, 1.82) is 0 Å². The van der Waals surface area contributed by atoms with E-state index in [2.05, 4.69) is 20.6 Å². The van der Waals surface area contributed by atoms with E-state index in [1.54, 1.807) is 24.1 Å². The highest BCUT2D eigenvalue weighted by Gasteiger charge is 2.37. The fourth-order valence-electron chi connectivity index (χ4n) is 5.93. The van der Waals surface area contributed by atoms with Crippen LogP contribution in [0.25, 0.3) is 0 Å². The Hall–Kier alpha value is -3.43. The van der Waals surface area contributed by atoms with Gasteiger partial charge in [-0.1, -0.05) is 31.4 Å². The first-order valence-corrected chi connectivity index (χ1v) is 16.4. The highest BCUT2D eigenvalue weighted by molar-refractivity contribution is 7.50. The van der Waals surface area contributed by atoms with Gasteiger partial charge in [0, 0.05) is 40.7 Å². The van der Waals surface area contributed by atoms with Crippen molar-refractivity contribution < 1.29 is 27.2 Å². The van der Waals surface area contributed by atoms with E-state index in [9.17, 15) is 18.0 Å². The maximum Gasteiger partial charge on any atom is 0.421 e. The minimum atomic E-state index is -4.72. The fourth-order valence-corrected chi connectivity index (χ4v) is 7.17. The summed E-state index contributed by atoms with van der Waals surface area (Å²) in [5.74, 6) is 0.138. The van der Waals surface area contributed by atoms with Crippen LogP contribution in [0, 0.1) is 0 Å². The van der Waals surface area contributed by atoms with Crippen LogP contribution in [0.1, 0.15) is 77.6 Å². The lowest BCUT2D eigenvalue weighted by molar-refractivity contribution is -0.137. The smallest absolute Gasteiger partial charge is 0.421 e. The first-order chi connectivity index (χ1) is 20.6. The second kappa shape index (κ2) is 13.1. The summed E-state index contributed by atoms with van der Waals surface area (Å²) < 4.78 is 53.6. The number of aromatic nitrogens is 2. The molecule has 0 radical (unpaired) electrons. The molecule has 2 aromatic carbocycles. The molecule has 2 aliphatic rings. The van der Waals surface area contributed by atoms with E-state index in [1.165, 1.54) is 13.5 Å². The van der Waals surface area contributed by atoms with Crippen LogP contribution in [0.5, 0.6) is 5.75 Å². The molecule has 1 unspecified atom stereocenters. The van der Waals surface area contributed by atoms with Gasteiger partial charge in [-0.3, -0.25) is 4.79 Å². The van der Waals surface area contributed by atoms with Crippen molar-refractivity contribution in [3.63, 3.8) is 0 Å². The Morgan fingerprint density at radius 2 is 1.84 bits per heavy atom. The Morgan fingerprint density at radius 3 is 2.53 bits per heavy atom. The molecule has 230 valence electrons. The predicted octanol–water partition coefficient (Wildman–Crippen LogP) is 8.19. The number of rotatable bonds is 10. The number of fused-ring (bicyclic) bond motifs is 1. The number of methoxy groups -OCH3 is 1. The van der Waals surface area contributed by atoms with Crippen molar-refractivity contribution >= 4 is 37.2 Å². The van der Waals surface area contributed by atoms with E-state index >= 15 is 0 Å². The van der Waals surface area contributed by atoms with Crippen LogP contribution in [0.4, 0.5) is 36.3 Å². The molecule has 1 aromatic heterocycles. The van der Waals surface area contributed by atoms with Gasteiger partial charge in [0.05, 0.1) is 24.0 Å². The number of benzene rings is 2. The average molecular weight is 616 g/mol. The minimum absolute atomic E-state index is 0.0486. The third-order valence-electron chi connectivity index (χ3n) is 7.96. The number of hydrogen-bond donors (Lipinski definition) is 2. The van der Waals surface area contributed by atoms with Crippen LogP contribution in [-0.2, 0) is 23.4 Å². The average Bonchev–Trinajstić information content (AvgIpc) is 3.28. The van der Waals surface area contributed by atoms with Crippen molar-refractivity contribution in [2.75, 3.05) is 38.1 Å². The second-order valence-electron chi connectivity index (χ2n) is 11.0. The molecule has 43 heavy (non-hydrogen) atoms. The number of hydrogen-bond acceptors (Lipinski definition) is 7. The van der Waals surface area contributed by atoms with Gasteiger partial charge in [-0.15, -0.1) is 0 Å². The molecule has 1 fully saturated rings. The lowest BCUT2D eigenvalue weighted by atomic mass is 9.81. The lowest BCUT2D eigenvalue weighted by Gasteiger charge is -2.25. The normalized spacial score (nSPS) is 16.3. The van der Waals surface area contributed by atoms with Crippen molar-refractivity contribution in [1.82, 2.24) is 14.9 Å². The Bertz CT molecular complexity index is 1480. The molecule has 0 bridgehead atoms. The van der Waals surface area contributed by atoms with E-state index in [0.29, 0.717) is 41.8 Å². The van der Waals surface area contributed by atoms with Gasteiger partial charge in [-0.2, -0.15) is 18.2 Å². The van der Waals surface area contributed by atoms with Crippen molar-refractivity contribution in [2.24, 2.45) is 0 Å². The van der Waals surface area contributed by atoms with Crippen LogP contribution < -0.4 is 15.4 Å². The Balaban J connectivity index is 1.47. The Kier molecular flexibility index (Phi) is 9.42. The largest absolute Gasteiger partial charge is 0.495 e. The summed E-state index contributed by atoms with van der Waals surface area (Å²) in [6.45, 7) is 5.07. The van der Waals surface area contributed by atoms with Gasteiger partial charge in [0.2, 0.25) is 5.95 Å². The number of nitrogens with one attached hydrogen (secondary N) is 2. The maximum atomic E-state index is 14.1. The Morgan fingerprint density at radius 1 is 1.09 bits per heavy atom. The van der Waals surface area contributed by atoms with Crippen LogP contribution in [0.2, 0.25) is 0 Å². The van der Waals surface area contributed by atoms with E-state index in [-0.39, 0.29) is 11.9 Å². The summed E-state index contributed by atoms with van der Waals surface area (Å²) in [6, 6.07) is 9.22. The third kappa shape index (κ3) is 6.88. The summed E-state index contributed by atoms with van der Waals surface area (Å²) in [7, 11) is 2.60. The van der Waals surface area contributed by atoms with Gasteiger partial charge in [-0.05, 0) is 67.2 Å². The third-order valence-corrected chi connectivity index (χ3v) is 9.47. The molecule has 1 amide bonds. The Labute approximate surface area is 251 Å². The molecule has 0 spiro atoms. The first-order valence-electron chi connectivity index (χ1n) is 14.5. The molecule has 1 saturated carbocycles. The fraction of sp³-hybridized carbons (Fsp3) is 0.452. The van der Waals surface area contributed by atoms with E-state index in [0.717, 1.165) is 54.7 Å². The molecule has 5 rings (SSSR count). The zero-order valence-electron chi connectivity index (χ0n) is 24.8. The van der Waals surface area contributed by atoms with Gasteiger partial charge in [-0.25, -0.2) is 4.98 Å². The summed E-state index contributed by atoms with van der Waals surface area (Å²) in [5.41, 5.74) is 3.19. The molecule has 1 atom stereocenters. The maximum absolute atomic E-state index is 14.1. The zero-order valence-corrected chi connectivity index (χ0v) is 25.7. The number of alkyl halides is 3. The molecular weight excluding hydrogens is 578 g/mol. The van der Waals surface area contributed by atoms with Crippen molar-refractivity contribution in [2.45, 2.75) is 63.8 Å². The molecule has 8 nitrogen and oxygen atoms in total. The first kappa shape index (κ1) is 31.0. The molecule has 2 heterocycles. The number of anilines is 4. The summed E-state index contributed by atoms with van der Waals surface area (Å²) >= 11 is 0. The number of halogens is 3. The number of carbonyl (C=O) groups is 1. The number of amides is 1. The lowest BCUT2D eigenvalue weighted by Crippen LogP contribution is -2.18. The zero-order chi connectivity index (χ0) is 30.7. The van der Waals surface area contributed by atoms with Crippen molar-refractivity contribution in [3.8, 4) is 5.75 Å². The van der Waals surface area contributed by atoms with E-state index < -0.39 is 25.7 Å². The topological polar surface area (TPSA) is 88.6 Å². The minimum Gasteiger partial charge on any atom is -0.495 e. The quantitative estimate of drug-likeness (QED) is 0.222. The highest BCUT2D eigenvalue weighted by Crippen LogP contribution is 2.43. The summed E-state index contributed by atoms with van der Waals surface area (Å²) in [6.07, 6.45) is 2.33. The SMILES string of the molecule is CCOP(C)Cc1ccc(Nc2ncc(C(F)(F)F)c(Nc3ccc(C4CCCCC4)c4c3C(=O)N(C)C4)n2)c(OC)c1. The highest BCUT2D eigenvalue weighted by atomic mass is 31.1. The standard InChI is InChI=1S/C31H37F3N5O3P/c1-5-42-43(4)18-19-11-13-24(26(15-19)41-3)37-30-35-16-23(31(32,33)34)28(38-30)36-25-14-12-21(20-9-7-6-8-10-20)22-17-39(2)29(40)27(22)25/h11-16,20H,5-10,17-18H2,1-4H3,(H2,35,36,37,38). The van der Waals surface area contributed by atoms with Crippen LogP contribution in [0.3, 0.4) is 0 Å². The molecular formula is C31H37F3N5O3P. The monoisotopic (exact) mass is 615 g/mol. The van der Waals surface area contributed by atoms with Crippen LogP contribution in [-0.4, -0.2) is 48.2 Å². The summed E-state index contributed by atoms with van der Waals surface area (Å²) in [5, 5.41) is 5.85. The molecule has 1 aliphatic carbocycles. The van der Waals surface area contributed by atoms with Crippen LogP contribution >= 0.6 is 8.15 Å². The number of ether oxygens (including phenoxy) is 1. The molecule has 3 aromatic rings. The van der Waals surface area contributed by atoms with Gasteiger partial charge >= 0.3 is 6.18 Å². The van der Waals surface area contributed by atoms with E-state index in [1.807, 2.05) is 31.8 Å². The molecule has 1 aliphatic heterocycles. The van der Waals surface area contributed by atoms with Crippen molar-refractivity contribution in [3.05, 3.63) is 64.3 Å². The van der Waals surface area contributed by atoms with E-state index in [4.69, 9.17) is 9.26 Å². The van der Waals surface area contributed by atoms with Gasteiger partial charge in [0.1, 0.15) is 17.1 Å².